The molecule has 1 aliphatic rings. The van der Waals surface area contributed by atoms with Crippen LogP contribution in [0.2, 0.25) is 0 Å². The zero-order chi connectivity index (χ0) is 12.8. The fraction of sp³-hybridized carbons (Fsp3) is 0.647. The summed E-state index contributed by atoms with van der Waals surface area (Å²) in [4.78, 5) is 0. The summed E-state index contributed by atoms with van der Waals surface area (Å²) in [5.41, 5.74) is 1.42. The van der Waals surface area contributed by atoms with E-state index in [1.807, 2.05) is 0 Å². The van der Waals surface area contributed by atoms with E-state index in [0.717, 1.165) is 5.75 Å². The number of hydrogen-bond acceptors (Lipinski definition) is 1. The van der Waals surface area contributed by atoms with Crippen molar-refractivity contribution in [1.82, 2.24) is 0 Å². The van der Waals surface area contributed by atoms with Crippen molar-refractivity contribution in [3.63, 3.8) is 0 Å². The van der Waals surface area contributed by atoms with Crippen molar-refractivity contribution in [2.45, 2.75) is 70.8 Å². The lowest BCUT2D eigenvalue weighted by Gasteiger charge is -2.17. The van der Waals surface area contributed by atoms with E-state index in [1.165, 1.54) is 50.5 Å². The zero-order valence-electron chi connectivity index (χ0n) is 11.8. The lowest BCUT2D eigenvalue weighted by atomic mass is 9.99. The van der Waals surface area contributed by atoms with Crippen LogP contribution in [0.1, 0.15) is 70.3 Å². The summed E-state index contributed by atoms with van der Waals surface area (Å²) >= 11 is 0. The van der Waals surface area contributed by atoms with Gasteiger partial charge in [0.2, 0.25) is 0 Å². The van der Waals surface area contributed by atoms with E-state index in [-0.39, 0.29) is 0 Å². The molecule has 1 aliphatic carbocycles. The van der Waals surface area contributed by atoms with Gasteiger partial charge in [0, 0.05) is 0 Å². The van der Waals surface area contributed by atoms with Crippen molar-refractivity contribution in [1.29, 1.82) is 0 Å². The second kappa shape index (κ2) is 6.82. The van der Waals surface area contributed by atoms with Crippen molar-refractivity contribution in [2.24, 2.45) is 0 Å². The Labute approximate surface area is 112 Å². The largest absolute Gasteiger partial charge is 0.490 e. The summed E-state index contributed by atoms with van der Waals surface area (Å²) in [5, 5.41) is 0. The van der Waals surface area contributed by atoms with Crippen molar-refractivity contribution >= 4 is 0 Å². The smallest absolute Gasteiger partial charge is 0.119 e. The van der Waals surface area contributed by atoms with Crippen molar-refractivity contribution in [2.75, 3.05) is 0 Å². The number of rotatable bonds is 4. The Kier molecular flexibility index (Phi) is 5.10. The summed E-state index contributed by atoms with van der Waals surface area (Å²) in [7, 11) is 0. The molecule has 0 radical (unpaired) electrons. The van der Waals surface area contributed by atoms with Gasteiger partial charge in [-0.15, -0.1) is 0 Å². The first-order chi connectivity index (χ1) is 8.79. The van der Waals surface area contributed by atoms with Gasteiger partial charge in [0.05, 0.1) is 6.10 Å². The van der Waals surface area contributed by atoms with E-state index in [1.54, 1.807) is 0 Å². The van der Waals surface area contributed by atoms with Crippen LogP contribution in [0.25, 0.3) is 0 Å². The lowest BCUT2D eigenvalue weighted by molar-refractivity contribution is 0.183. The summed E-state index contributed by atoms with van der Waals surface area (Å²) < 4.78 is 6.10. The van der Waals surface area contributed by atoms with Crippen molar-refractivity contribution < 1.29 is 4.74 Å². The fourth-order valence-electron chi connectivity index (χ4n) is 2.66. The number of benzene rings is 1. The van der Waals surface area contributed by atoms with Crippen LogP contribution in [0.15, 0.2) is 24.3 Å². The molecule has 2 rings (SSSR count). The Hall–Kier alpha value is -0.980. The summed E-state index contributed by atoms with van der Waals surface area (Å²) in [6, 6.07) is 8.74. The molecule has 0 bridgehead atoms. The molecule has 1 unspecified atom stereocenters. The van der Waals surface area contributed by atoms with Gasteiger partial charge in [-0.25, -0.2) is 0 Å². The van der Waals surface area contributed by atoms with Crippen LogP contribution in [0.3, 0.4) is 0 Å². The highest BCUT2D eigenvalue weighted by Gasteiger charge is 2.13. The van der Waals surface area contributed by atoms with Crippen LogP contribution in [0.5, 0.6) is 5.75 Å². The predicted molar refractivity (Wildman–Crippen MR) is 77.3 cm³/mol. The van der Waals surface area contributed by atoms with Crippen molar-refractivity contribution in [3.8, 4) is 5.75 Å². The quantitative estimate of drug-likeness (QED) is 0.655. The average Bonchev–Trinajstić information content (AvgIpc) is 2.67. The average molecular weight is 246 g/mol. The van der Waals surface area contributed by atoms with Gasteiger partial charge in [-0.1, -0.05) is 38.8 Å². The molecule has 1 aromatic rings. The molecule has 1 nitrogen and oxygen atoms in total. The molecule has 100 valence electrons. The van der Waals surface area contributed by atoms with E-state index in [4.69, 9.17) is 4.74 Å². The molecular weight excluding hydrogens is 220 g/mol. The molecule has 1 saturated carbocycles. The molecule has 0 N–H and O–H groups in total. The monoisotopic (exact) mass is 246 g/mol. The zero-order valence-corrected chi connectivity index (χ0v) is 11.8. The highest BCUT2D eigenvalue weighted by atomic mass is 16.5. The van der Waals surface area contributed by atoms with Gasteiger partial charge in [0.25, 0.3) is 0 Å². The van der Waals surface area contributed by atoms with Gasteiger partial charge in [-0.3, -0.25) is 0 Å². The molecule has 18 heavy (non-hydrogen) atoms. The molecule has 1 fully saturated rings. The minimum atomic E-state index is 0.446. The summed E-state index contributed by atoms with van der Waals surface area (Å²) in [5.74, 6) is 1.70. The highest BCUT2D eigenvalue weighted by Crippen LogP contribution is 2.25. The first-order valence-electron chi connectivity index (χ1n) is 7.56. The van der Waals surface area contributed by atoms with E-state index < -0.39 is 0 Å². The van der Waals surface area contributed by atoms with E-state index >= 15 is 0 Å². The molecule has 0 heterocycles. The topological polar surface area (TPSA) is 9.23 Å². The van der Waals surface area contributed by atoms with Crippen LogP contribution < -0.4 is 4.74 Å². The Morgan fingerprint density at radius 3 is 2.22 bits per heavy atom. The second-order valence-corrected chi connectivity index (χ2v) is 5.61. The number of ether oxygens (including phenoxy) is 1. The van der Waals surface area contributed by atoms with E-state index in [9.17, 15) is 0 Å². The van der Waals surface area contributed by atoms with E-state index in [0.29, 0.717) is 12.0 Å². The molecular formula is C17H26O. The second-order valence-electron chi connectivity index (χ2n) is 5.61. The van der Waals surface area contributed by atoms with Crippen LogP contribution >= 0.6 is 0 Å². The Morgan fingerprint density at radius 1 is 1.06 bits per heavy atom. The molecule has 1 heteroatoms. The van der Waals surface area contributed by atoms with Gasteiger partial charge < -0.3 is 4.74 Å². The minimum absolute atomic E-state index is 0.446. The third-order valence-electron chi connectivity index (χ3n) is 4.17. The molecule has 0 aromatic heterocycles. The first-order valence-corrected chi connectivity index (χ1v) is 7.56. The summed E-state index contributed by atoms with van der Waals surface area (Å²) in [6.45, 7) is 4.52. The van der Waals surface area contributed by atoms with Crippen molar-refractivity contribution in [3.05, 3.63) is 29.8 Å². The first kappa shape index (κ1) is 13.5. The predicted octanol–water partition coefficient (Wildman–Crippen LogP) is 5.30. The molecule has 0 spiro atoms. The minimum Gasteiger partial charge on any atom is -0.490 e. The molecule has 1 aromatic carbocycles. The third kappa shape index (κ3) is 3.76. The van der Waals surface area contributed by atoms with Gasteiger partial charge >= 0.3 is 0 Å². The highest BCUT2D eigenvalue weighted by molar-refractivity contribution is 5.29. The maximum absolute atomic E-state index is 6.10. The van der Waals surface area contributed by atoms with Gasteiger partial charge in [0.15, 0.2) is 0 Å². The van der Waals surface area contributed by atoms with Crippen LogP contribution in [0.4, 0.5) is 0 Å². The fourth-order valence-corrected chi connectivity index (χ4v) is 2.66. The number of hydrogen-bond donors (Lipinski definition) is 0. The Morgan fingerprint density at radius 2 is 1.67 bits per heavy atom. The van der Waals surface area contributed by atoms with E-state index in [2.05, 4.69) is 38.1 Å². The van der Waals surface area contributed by atoms with Gasteiger partial charge in [-0.05, 0) is 55.7 Å². The van der Waals surface area contributed by atoms with Gasteiger partial charge in [0.1, 0.15) is 5.75 Å². The van der Waals surface area contributed by atoms with Crippen LogP contribution in [-0.2, 0) is 0 Å². The molecule has 0 saturated heterocycles. The molecule has 1 atom stereocenters. The molecule has 0 aliphatic heterocycles. The van der Waals surface area contributed by atoms with Crippen LogP contribution in [-0.4, -0.2) is 6.10 Å². The SMILES string of the molecule is CCC(C)c1ccc(OC2CCCCCC2)cc1. The maximum atomic E-state index is 6.10. The molecule has 0 amide bonds. The normalized spacial score (nSPS) is 19.2. The van der Waals surface area contributed by atoms with Gasteiger partial charge in [-0.2, -0.15) is 0 Å². The Balaban J connectivity index is 1.92. The standard InChI is InChI=1S/C17H26O/c1-3-14(2)15-10-12-17(13-11-15)18-16-8-6-4-5-7-9-16/h10-14,16H,3-9H2,1-2H3. The Bertz CT molecular complexity index is 333. The lowest BCUT2D eigenvalue weighted by Crippen LogP contribution is -2.14. The third-order valence-corrected chi connectivity index (χ3v) is 4.17. The maximum Gasteiger partial charge on any atom is 0.119 e. The van der Waals surface area contributed by atoms with Crippen LogP contribution in [0, 0.1) is 0 Å². The summed E-state index contributed by atoms with van der Waals surface area (Å²) in [6.07, 6.45) is 9.52.